The van der Waals surface area contributed by atoms with Crippen molar-refractivity contribution < 1.29 is 13.9 Å². The second-order valence-electron chi connectivity index (χ2n) is 6.22. The molecule has 1 N–H and O–H groups in total. The van der Waals surface area contributed by atoms with Crippen LogP contribution in [0.15, 0.2) is 58.2 Å². The zero-order valence-corrected chi connectivity index (χ0v) is 16.2. The average Bonchev–Trinajstić information content (AvgIpc) is 3.16. The molecule has 0 radical (unpaired) electrons. The van der Waals surface area contributed by atoms with Gasteiger partial charge < -0.3 is 14.5 Å². The van der Waals surface area contributed by atoms with E-state index in [1.54, 1.807) is 7.11 Å². The smallest absolute Gasteiger partial charge is 0.277 e. The van der Waals surface area contributed by atoms with Crippen molar-refractivity contribution in [3.63, 3.8) is 0 Å². The van der Waals surface area contributed by atoms with Crippen LogP contribution in [-0.2, 0) is 4.79 Å². The van der Waals surface area contributed by atoms with E-state index >= 15 is 0 Å². The van der Waals surface area contributed by atoms with Gasteiger partial charge in [0.05, 0.1) is 12.9 Å². The van der Waals surface area contributed by atoms with Crippen LogP contribution in [0.2, 0.25) is 0 Å². The highest BCUT2D eigenvalue weighted by Gasteiger charge is 2.12. The van der Waals surface area contributed by atoms with Gasteiger partial charge in [0.2, 0.25) is 11.8 Å². The first-order valence-corrected chi connectivity index (χ1v) is 9.54. The fraction of sp³-hybridized carbons (Fsp3) is 0.250. The molecule has 0 atom stereocenters. The molecule has 0 bridgehead atoms. The number of thioether (sulfide) groups is 1. The Balaban J connectivity index is 1.55. The molecule has 0 aliphatic rings. The molecule has 6 nitrogen and oxygen atoms in total. The van der Waals surface area contributed by atoms with E-state index < -0.39 is 0 Å². The van der Waals surface area contributed by atoms with Gasteiger partial charge in [0.1, 0.15) is 5.75 Å². The Kier molecular flexibility index (Phi) is 6.13. The first-order chi connectivity index (χ1) is 13.0. The Hall–Kier alpha value is -2.80. The second kappa shape index (κ2) is 8.73. The van der Waals surface area contributed by atoms with Gasteiger partial charge in [-0.3, -0.25) is 4.79 Å². The Labute approximate surface area is 162 Å². The molecule has 140 valence electrons. The molecule has 7 heteroatoms. The fourth-order valence-electron chi connectivity index (χ4n) is 2.42. The van der Waals surface area contributed by atoms with Gasteiger partial charge in [-0.1, -0.05) is 43.8 Å². The van der Waals surface area contributed by atoms with Crippen LogP contribution in [0.1, 0.15) is 25.3 Å². The minimum absolute atomic E-state index is 0.126. The molecule has 3 rings (SSSR count). The minimum Gasteiger partial charge on any atom is -0.497 e. The summed E-state index contributed by atoms with van der Waals surface area (Å²) < 4.78 is 10.8. The van der Waals surface area contributed by atoms with Crippen LogP contribution >= 0.6 is 11.8 Å². The van der Waals surface area contributed by atoms with Gasteiger partial charge in [0, 0.05) is 11.3 Å². The number of hydrogen-bond donors (Lipinski definition) is 1. The highest BCUT2D eigenvalue weighted by atomic mass is 32.2. The maximum atomic E-state index is 12.1. The number of methoxy groups -OCH3 is 1. The number of rotatable bonds is 7. The monoisotopic (exact) mass is 383 g/mol. The quantitative estimate of drug-likeness (QED) is 0.601. The number of nitrogens with zero attached hydrogens (tertiary/aromatic N) is 2. The van der Waals surface area contributed by atoms with Crippen LogP contribution in [0.4, 0.5) is 5.69 Å². The van der Waals surface area contributed by atoms with Gasteiger partial charge in [0.15, 0.2) is 0 Å². The molecule has 0 saturated heterocycles. The Morgan fingerprint density at radius 1 is 1.19 bits per heavy atom. The van der Waals surface area contributed by atoms with E-state index in [-0.39, 0.29) is 11.7 Å². The number of ether oxygens (including phenoxy) is 1. The zero-order valence-electron chi connectivity index (χ0n) is 15.4. The molecule has 1 aromatic heterocycles. The Morgan fingerprint density at radius 2 is 1.96 bits per heavy atom. The molecule has 0 saturated carbocycles. The van der Waals surface area contributed by atoms with Crippen molar-refractivity contribution >= 4 is 23.4 Å². The molecule has 1 amide bonds. The Bertz CT molecular complexity index is 907. The van der Waals surface area contributed by atoms with Crippen LogP contribution in [0.3, 0.4) is 0 Å². The van der Waals surface area contributed by atoms with E-state index in [0.29, 0.717) is 22.8 Å². The van der Waals surface area contributed by atoms with Crippen LogP contribution in [0.5, 0.6) is 5.75 Å². The third-order valence-electron chi connectivity index (χ3n) is 3.91. The molecular weight excluding hydrogens is 362 g/mol. The van der Waals surface area contributed by atoms with E-state index in [2.05, 4.69) is 29.4 Å². The first-order valence-electron chi connectivity index (χ1n) is 8.55. The van der Waals surface area contributed by atoms with E-state index in [0.717, 1.165) is 11.3 Å². The summed E-state index contributed by atoms with van der Waals surface area (Å²) in [5.41, 5.74) is 2.77. The number of hydrogen-bond acceptors (Lipinski definition) is 6. The number of carbonyl (C=O) groups is 1. The van der Waals surface area contributed by atoms with Crippen molar-refractivity contribution in [3.05, 3.63) is 54.1 Å². The topological polar surface area (TPSA) is 77.2 Å². The lowest BCUT2D eigenvalue weighted by atomic mass is 10.0. The number of carbonyl (C=O) groups excluding carboxylic acids is 1. The molecule has 2 aromatic carbocycles. The minimum atomic E-state index is -0.126. The number of benzene rings is 2. The lowest BCUT2D eigenvalue weighted by Gasteiger charge is -2.07. The molecule has 0 fully saturated rings. The Morgan fingerprint density at radius 3 is 2.67 bits per heavy atom. The normalized spacial score (nSPS) is 10.8. The maximum Gasteiger partial charge on any atom is 0.277 e. The molecule has 0 aliphatic heterocycles. The predicted molar refractivity (Wildman–Crippen MR) is 106 cm³/mol. The standard InChI is InChI=1S/C20H21N3O3S/c1-13(2)14-7-9-16(10-8-14)21-18(24)12-27-20-23-22-19(26-20)15-5-4-6-17(11-15)25-3/h4-11,13H,12H2,1-3H3,(H,21,24). The number of anilines is 1. The van der Waals surface area contributed by atoms with Crippen LogP contribution in [-0.4, -0.2) is 29.0 Å². The van der Waals surface area contributed by atoms with Gasteiger partial charge in [0.25, 0.3) is 5.22 Å². The van der Waals surface area contributed by atoms with E-state index in [1.165, 1.54) is 17.3 Å². The highest BCUT2D eigenvalue weighted by molar-refractivity contribution is 7.99. The summed E-state index contributed by atoms with van der Waals surface area (Å²) in [6, 6.07) is 15.2. The molecule has 1 heterocycles. The maximum absolute atomic E-state index is 12.1. The third-order valence-corrected chi connectivity index (χ3v) is 4.73. The summed E-state index contributed by atoms with van der Waals surface area (Å²) in [6.07, 6.45) is 0. The van der Waals surface area contributed by atoms with Gasteiger partial charge in [-0.2, -0.15) is 0 Å². The average molecular weight is 383 g/mol. The molecule has 0 aliphatic carbocycles. The van der Waals surface area contributed by atoms with Crippen molar-refractivity contribution in [3.8, 4) is 17.2 Å². The zero-order chi connectivity index (χ0) is 19.2. The van der Waals surface area contributed by atoms with Crippen molar-refractivity contribution in [2.75, 3.05) is 18.2 Å². The van der Waals surface area contributed by atoms with Crippen LogP contribution in [0.25, 0.3) is 11.5 Å². The predicted octanol–water partition coefficient (Wildman–Crippen LogP) is 4.60. The molecule has 3 aromatic rings. The molecule has 0 spiro atoms. The summed E-state index contributed by atoms with van der Waals surface area (Å²) >= 11 is 1.20. The fourth-order valence-corrected chi connectivity index (χ4v) is 2.98. The van der Waals surface area contributed by atoms with E-state index in [1.807, 2.05) is 48.5 Å². The lowest BCUT2D eigenvalue weighted by molar-refractivity contribution is -0.113. The summed E-state index contributed by atoms with van der Waals surface area (Å²) in [6.45, 7) is 4.27. The number of amides is 1. The summed E-state index contributed by atoms with van der Waals surface area (Å²) in [5.74, 6) is 1.62. The summed E-state index contributed by atoms with van der Waals surface area (Å²) in [4.78, 5) is 12.1. The third kappa shape index (κ3) is 5.10. The van der Waals surface area contributed by atoms with Crippen molar-refractivity contribution in [2.24, 2.45) is 0 Å². The summed E-state index contributed by atoms with van der Waals surface area (Å²) in [7, 11) is 1.60. The largest absolute Gasteiger partial charge is 0.497 e. The van der Waals surface area contributed by atoms with Crippen molar-refractivity contribution in [1.82, 2.24) is 10.2 Å². The van der Waals surface area contributed by atoms with E-state index in [4.69, 9.17) is 9.15 Å². The van der Waals surface area contributed by atoms with Gasteiger partial charge in [-0.25, -0.2) is 0 Å². The van der Waals surface area contributed by atoms with Gasteiger partial charge >= 0.3 is 0 Å². The van der Waals surface area contributed by atoms with Crippen LogP contribution < -0.4 is 10.1 Å². The number of nitrogens with one attached hydrogen (secondary N) is 1. The summed E-state index contributed by atoms with van der Waals surface area (Å²) in [5, 5.41) is 11.2. The second-order valence-corrected chi connectivity index (χ2v) is 7.15. The first kappa shape index (κ1) is 19.0. The van der Waals surface area contributed by atoms with Gasteiger partial charge in [-0.15, -0.1) is 10.2 Å². The molecular formula is C20H21N3O3S. The van der Waals surface area contributed by atoms with Gasteiger partial charge in [-0.05, 0) is 41.8 Å². The molecule has 27 heavy (non-hydrogen) atoms. The molecule has 0 unspecified atom stereocenters. The highest BCUT2D eigenvalue weighted by Crippen LogP contribution is 2.26. The van der Waals surface area contributed by atoms with Crippen molar-refractivity contribution in [2.45, 2.75) is 25.0 Å². The van der Waals surface area contributed by atoms with E-state index in [9.17, 15) is 4.79 Å². The lowest BCUT2D eigenvalue weighted by Crippen LogP contribution is -2.14. The van der Waals surface area contributed by atoms with Crippen LogP contribution in [0, 0.1) is 0 Å². The number of aromatic nitrogens is 2. The van der Waals surface area contributed by atoms with Crippen molar-refractivity contribution in [1.29, 1.82) is 0 Å². The SMILES string of the molecule is COc1cccc(-c2nnc(SCC(=O)Nc3ccc(C(C)C)cc3)o2)c1.